The molecule has 3 amide bonds. The predicted molar refractivity (Wildman–Crippen MR) is 133 cm³/mol. The molecule has 6 nitrogen and oxygen atoms in total. The average Bonchev–Trinajstić information content (AvgIpc) is 3.37. The first kappa shape index (κ1) is 24.0. The molecule has 2 fully saturated rings. The Morgan fingerprint density at radius 2 is 1.58 bits per heavy atom. The molecule has 0 unspecified atom stereocenters. The highest BCUT2D eigenvalue weighted by Gasteiger charge is 2.64. The van der Waals surface area contributed by atoms with Gasteiger partial charge >= 0.3 is 6.18 Å². The molecular weight excluding hydrogens is 495 g/mol. The molecule has 3 aromatic carbocycles. The van der Waals surface area contributed by atoms with Gasteiger partial charge in [-0.15, -0.1) is 0 Å². The number of benzene rings is 3. The van der Waals surface area contributed by atoms with E-state index in [2.05, 4.69) is 5.32 Å². The number of nitrogens with one attached hydrogen (secondary N) is 1. The van der Waals surface area contributed by atoms with Crippen molar-refractivity contribution in [1.82, 2.24) is 9.80 Å². The van der Waals surface area contributed by atoms with E-state index in [0.717, 1.165) is 28.8 Å². The number of imide groups is 1. The van der Waals surface area contributed by atoms with Gasteiger partial charge in [0.15, 0.2) is 0 Å². The van der Waals surface area contributed by atoms with Gasteiger partial charge in [0.05, 0.1) is 30.0 Å². The van der Waals surface area contributed by atoms with Gasteiger partial charge < -0.3 is 10.2 Å². The topological polar surface area (TPSA) is 69.7 Å². The van der Waals surface area contributed by atoms with Crippen molar-refractivity contribution in [3.8, 4) is 0 Å². The molecule has 0 radical (unpaired) electrons. The smallest absolute Gasteiger partial charge is 0.357 e. The van der Waals surface area contributed by atoms with Gasteiger partial charge in [-0.3, -0.25) is 19.3 Å². The summed E-state index contributed by atoms with van der Waals surface area (Å²) in [5.74, 6) is -3.27. The van der Waals surface area contributed by atoms with Crippen molar-refractivity contribution in [2.75, 3.05) is 5.32 Å². The molecule has 3 aliphatic heterocycles. The lowest BCUT2D eigenvalue weighted by Gasteiger charge is -2.35. The van der Waals surface area contributed by atoms with Crippen LogP contribution in [0.25, 0.3) is 6.08 Å². The van der Waals surface area contributed by atoms with Gasteiger partial charge in [0.25, 0.3) is 0 Å². The van der Waals surface area contributed by atoms with Crippen molar-refractivity contribution >= 4 is 29.5 Å². The van der Waals surface area contributed by atoms with Gasteiger partial charge in [0, 0.05) is 11.9 Å². The van der Waals surface area contributed by atoms with Crippen LogP contribution in [0.2, 0.25) is 0 Å². The Balaban J connectivity index is 1.38. The molecule has 9 heteroatoms. The Hall–Kier alpha value is -4.40. The first-order chi connectivity index (χ1) is 18.2. The van der Waals surface area contributed by atoms with Crippen molar-refractivity contribution in [3.05, 3.63) is 107 Å². The average molecular weight is 518 g/mol. The summed E-state index contributed by atoms with van der Waals surface area (Å²) in [6, 6.07) is 19.3. The van der Waals surface area contributed by atoms with E-state index in [1.165, 1.54) is 17.0 Å². The lowest BCUT2D eigenvalue weighted by molar-refractivity contribution is -0.143. The summed E-state index contributed by atoms with van der Waals surface area (Å²) in [5.41, 5.74) is 1.55. The molecule has 0 aliphatic carbocycles. The van der Waals surface area contributed by atoms with E-state index in [9.17, 15) is 27.6 Å². The Morgan fingerprint density at radius 3 is 2.34 bits per heavy atom. The number of amides is 3. The monoisotopic (exact) mass is 517 g/mol. The fourth-order valence-electron chi connectivity index (χ4n) is 5.83. The number of likely N-dealkylation sites (tertiary alicyclic amines) is 1. The predicted octanol–water partition coefficient (Wildman–Crippen LogP) is 4.86. The highest BCUT2D eigenvalue weighted by molar-refractivity contribution is 6.10. The van der Waals surface area contributed by atoms with E-state index in [1.807, 2.05) is 60.7 Å². The maximum absolute atomic E-state index is 13.7. The minimum Gasteiger partial charge on any atom is -0.357 e. The van der Waals surface area contributed by atoms with Crippen LogP contribution in [0.4, 0.5) is 18.9 Å². The van der Waals surface area contributed by atoms with Crippen LogP contribution in [0.15, 0.2) is 85.1 Å². The maximum atomic E-state index is 13.7. The zero-order valence-electron chi connectivity index (χ0n) is 19.9. The Kier molecular flexibility index (Phi) is 5.59. The molecule has 192 valence electrons. The Labute approximate surface area is 216 Å². The second kappa shape index (κ2) is 8.86. The fourth-order valence-corrected chi connectivity index (χ4v) is 5.83. The quantitative estimate of drug-likeness (QED) is 0.503. The number of carbonyl (C=O) groups is 3. The van der Waals surface area contributed by atoms with Crippen LogP contribution >= 0.6 is 0 Å². The number of anilines is 1. The van der Waals surface area contributed by atoms with Gasteiger partial charge in [0.1, 0.15) is 6.04 Å². The molecule has 2 saturated heterocycles. The number of alkyl halides is 3. The van der Waals surface area contributed by atoms with Crippen LogP contribution in [0, 0.1) is 11.8 Å². The standard InChI is InChI=1S/C29H22F3N3O3/c30-29(31,32)19-10-6-11-20(15-19)33-26(36)25-23-22(24-21-12-5-4-9-18(21)13-14-34(24)25)27(37)35(28(23)38)16-17-7-2-1-3-8-17/h1-15,22-25H,16H2,(H,33,36)/t22-,23-,24+,25+/m1/s1. The maximum Gasteiger partial charge on any atom is 0.416 e. The first-order valence-corrected chi connectivity index (χ1v) is 12.2. The number of halogens is 3. The number of rotatable bonds is 4. The van der Waals surface area contributed by atoms with E-state index in [-0.39, 0.29) is 18.1 Å². The lowest BCUT2D eigenvalue weighted by atomic mass is 9.84. The number of nitrogens with zero attached hydrogens (tertiary/aromatic N) is 2. The molecule has 3 aliphatic rings. The van der Waals surface area contributed by atoms with Crippen LogP contribution < -0.4 is 5.32 Å². The zero-order chi connectivity index (χ0) is 26.6. The Morgan fingerprint density at radius 1 is 0.868 bits per heavy atom. The minimum atomic E-state index is -4.57. The van der Waals surface area contributed by atoms with Crippen molar-refractivity contribution in [2.45, 2.75) is 24.8 Å². The second-order valence-corrected chi connectivity index (χ2v) is 9.65. The molecule has 4 atom stereocenters. The first-order valence-electron chi connectivity index (χ1n) is 12.2. The van der Waals surface area contributed by atoms with Crippen molar-refractivity contribution in [1.29, 1.82) is 0 Å². The van der Waals surface area contributed by atoms with Gasteiger partial charge in [0.2, 0.25) is 17.7 Å². The van der Waals surface area contributed by atoms with Crippen LogP contribution in [0.3, 0.4) is 0 Å². The summed E-state index contributed by atoms with van der Waals surface area (Å²) in [4.78, 5) is 44.0. The molecule has 0 spiro atoms. The lowest BCUT2D eigenvalue weighted by Crippen LogP contribution is -2.46. The van der Waals surface area contributed by atoms with Crippen LogP contribution in [0.1, 0.15) is 28.3 Å². The molecule has 38 heavy (non-hydrogen) atoms. The zero-order valence-corrected chi connectivity index (χ0v) is 19.9. The van der Waals surface area contributed by atoms with E-state index < -0.39 is 47.5 Å². The molecule has 1 N–H and O–H groups in total. The number of fused-ring (bicyclic) bond motifs is 5. The number of hydrogen-bond acceptors (Lipinski definition) is 4. The van der Waals surface area contributed by atoms with Crippen molar-refractivity contribution < 1.29 is 27.6 Å². The molecule has 0 bridgehead atoms. The van der Waals surface area contributed by atoms with Crippen molar-refractivity contribution in [2.24, 2.45) is 11.8 Å². The second-order valence-electron chi connectivity index (χ2n) is 9.65. The summed E-state index contributed by atoms with van der Waals surface area (Å²) in [6.07, 6.45) is -1.06. The van der Waals surface area contributed by atoms with E-state index in [1.54, 1.807) is 11.1 Å². The van der Waals surface area contributed by atoms with Crippen LogP contribution in [0.5, 0.6) is 0 Å². The summed E-state index contributed by atoms with van der Waals surface area (Å²) < 4.78 is 39.7. The molecule has 3 aromatic rings. The van der Waals surface area contributed by atoms with Crippen molar-refractivity contribution in [3.63, 3.8) is 0 Å². The molecule has 6 rings (SSSR count). The molecular formula is C29H22F3N3O3. The van der Waals surface area contributed by atoms with Gasteiger partial charge in [-0.2, -0.15) is 13.2 Å². The minimum absolute atomic E-state index is 0.0378. The fraction of sp³-hybridized carbons (Fsp3) is 0.207. The molecule has 3 heterocycles. The SMILES string of the molecule is O=C(Nc1cccc(C(F)(F)F)c1)[C@@H]1[C@@H]2C(=O)N(Cc3ccccc3)C(=O)[C@H]2[C@@H]2c3ccccc3C=CN12. The largest absolute Gasteiger partial charge is 0.416 e. The third-order valence-electron chi connectivity index (χ3n) is 7.46. The Bertz CT molecular complexity index is 1470. The molecule has 0 saturated carbocycles. The number of hydrogen-bond donors (Lipinski definition) is 1. The summed E-state index contributed by atoms with van der Waals surface area (Å²) in [5, 5.41) is 2.57. The third-order valence-corrected chi connectivity index (χ3v) is 7.46. The summed E-state index contributed by atoms with van der Waals surface area (Å²) in [6.45, 7) is 0.0810. The van der Waals surface area contributed by atoms with Gasteiger partial charge in [-0.1, -0.05) is 60.7 Å². The van der Waals surface area contributed by atoms with Crippen LogP contribution in [-0.2, 0) is 27.1 Å². The van der Waals surface area contributed by atoms with Gasteiger partial charge in [-0.25, -0.2) is 0 Å². The number of carbonyl (C=O) groups excluding carboxylic acids is 3. The highest BCUT2D eigenvalue weighted by atomic mass is 19.4. The van der Waals surface area contributed by atoms with Gasteiger partial charge in [-0.05, 0) is 41.0 Å². The summed E-state index contributed by atoms with van der Waals surface area (Å²) >= 11 is 0. The van der Waals surface area contributed by atoms with E-state index in [4.69, 9.17) is 0 Å². The third kappa shape index (κ3) is 3.86. The van der Waals surface area contributed by atoms with E-state index >= 15 is 0 Å². The highest BCUT2D eigenvalue weighted by Crippen LogP contribution is 2.52. The van der Waals surface area contributed by atoms with E-state index in [0.29, 0.717) is 0 Å². The van der Waals surface area contributed by atoms with Crippen LogP contribution in [-0.4, -0.2) is 33.6 Å². The normalized spacial score (nSPS) is 23.8. The summed E-state index contributed by atoms with van der Waals surface area (Å²) in [7, 11) is 0. The molecule has 0 aromatic heterocycles.